The summed E-state index contributed by atoms with van der Waals surface area (Å²) in [6.45, 7) is 3.80. The maximum atomic E-state index is 13.0. The number of carbonyl (C=O) groups is 1. The van der Waals surface area contributed by atoms with Crippen LogP contribution < -0.4 is 10.9 Å². The molecule has 1 N–H and O–H groups in total. The largest absolute Gasteiger partial charge is 0.353 e. The van der Waals surface area contributed by atoms with Crippen molar-refractivity contribution in [3.05, 3.63) is 63.9 Å². The van der Waals surface area contributed by atoms with Gasteiger partial charge < -0.3 is 5.32 Å². The second-order valence-electron chi connectivity index (χ2n) is 6.04. The fourth-order valence-electron chi connectivity index (χ4n) is 2.55. The van der Waals surface area contributed by atoms with Crippen LogP contribution in [0.1, 0.15) is 13.8 Å². The standard InChI is InChI=1S/C19H18ClN3O2S/c1-12(2)21-17(24)11-26-19-22-16-9-4-3-8-15(16)18(25)23(19)14-7-5-6-13(20)10-14/h3-10,12H,11H2,1-2H3,(H,21,24). The molecule has 0 fully saturated rings. The summed E-state index contributed by atoms with van der Waals surface area (Å²) in [5.74, 6) is 0.0637. The maximum absolute atomic E-state index is 13.0. The van der Waals surface area contributed by atoms with Crippen LogP contribution in [0.25, 0.3) is 16.6 Å². The molecule has 2 aromatic carbocycles. The number of nitrogens with zero attached hydrogens (tertiary/aromatic N) is 2. The van der Waals surface area contributed by atoms with Crippen molar-refractivity contribution in [2.24, 2.45) is 0 Å². The van der Waals surface area contributed by atoms with E-state index in [2.05, 4.69) is 10.3 Å². The van der Waals surface area contributed by atoms with Crippen LogP contribution in [-0.2, 0) is 4.79 Å². The number of halogens is 1. The first-order valence-electron chi connectivity index (χ1n) is 8.15. The van der Waals surface area contributed by atoms with Crippen LogP contribution >= 0.6 is 23.4 Å². The Labute approximate surface area is 160 Å². The number of nitrogens with one attached hydrogen (secondary N) is 1. The summed E-state index contributed by atoms with van der Waals surface area (Å²) in [6.07, 6.45) is 0. The van der Waals surface area contributed by atoms with Crippen molar-refractivity contribution in [2.45, 2.75) is 25.0 Å². The molecule has 7 heteroatoms. The molecule has 1 aromatic heterocycles. The summed E-state index contributed by atoms with van der Waals surface area (Å²) >= 11 is 7.32. The van der Waals surface area contributed by atoms with Gasteiger partial charge in [0.15, 0.2) is 5.16 Å². The van der Waals surface area contributed by atoms with Gasteiger partial charge >= 0.3 is 0 Å². The van der Waals surface area contributed by atoms with E-state index in [-0.39, 0.29) is 23.3 Å². The average molecular weight is 388 g/mol. The normalized spacial score (nSPS) is 11.1. The number of aromatic nitrogens is 2. The Kier molecular flexibility index (Phi) is 5.64. The van der Waals surface area contributed by atoms with E-state index in [0.717, 1.165) is 0 Å². The first-order chi connectivity index (χ1) is 12.5. The number of rotatable bonds is 5. The van der Waals surface area contributed by atoms with Gasteiger partial charge in [0.1, 0.15) is 0 Å². The molecule has 0 saturated heterocycles. The number of hydrogen-bond acceptors (Lipinski definition) is 4. The van der Waals surface area contributed by atoms with E-state index < -0.39 is 0 Å². The number of hydrogen-bond donors (Lipinski definition) is 1. The highest BCUT2D eigenvalue weighted by molar-refractivity contribution is 7.99. The van der Waals surface area contributed by atoms with Crippen LogP contribution in [0.15, 0.2) is 58.5 Å². The predicted octanol–water partition coefficient (Wildman–Crippen LogP) is 3.66. The fourth-order valence-corrected chi connectivity index (χ4v) is 3.55. The Balaban J connectivity index is 2.09. The van der Waals surface area contributed by atoms with Crippen LogP contribution in [0.2, 0.25) is 5.02 Å². The summed E-state index contributed by atoms with van der Waals surface area (Å²) in [4.78, 5) is 29.7. The molecular formula is C19H18ClN3O2S. The Bertz CT molecular complexity index is 1020. The highest BCUT2D eigenvalue weighted by Crippen LogP contribution is 2.22. The Morgan fingerprint density at radius 3 is 2.73 bits per heavy atom. The SMILES string of the molecule is CC(C)NC(=O)CSc1nc2ccccc2c(=O)n1-c1cccc(Cl)c1. The topological polar surface area (TPSA) is 64.0 Å². The molecule has 0 spiro atoms. The minimum atomic E-state index is -0.190. The van der Waals surface area contributed by atoms with E-state index in [1.54, 1.807) is 42.5 Å². The quantitative estimate of drug-likeness (QED) is 0.536. The van der Waals surface area contributed by atoms with E-state index in [1.807, 2.05) is 19.9 Å². The molecule has 0 unspecified atom stereocenters. The van der Waals surface area contributed by atoms with Gasteiger partial charge in [-0.25, -0.2) is 4.98 Å². The van der Waals surface area contributed by atoms with Crippen LogP contribution in [0, 0.1) is 0 Å². The highest BCUT2D eigenvalue weighted by atomic mass is 35.5. The van der Waals surface area contributed by atoms with E-state index >= 15 is 0 Å². The molecule has 0 atom stereocenters. The van der Waals surface area contributed by atoms with Gasteiger partial charge in [-0.1, -0.05) is 41.6 Å². The maximum Gasteiger partial charge on any atom is 0.266 e. The summed E-state index contributed by atoms with van der Waals surface area (Å²) in [5.41, 5.74) is 1.03. The van der Waals surface area contributed by atoms with Gasteiger partial charge in [0, 0.05) is 11.1 Å². The zero-order chi connectivity index (χ0) is 18.7. The second kappa shape index (κ2) is 7.93. The summed E-state index contributed by atoms with van der Waals surface area (Å²) < 4.78 is 1.50. The number of amides is 1. The highest BCUT2D eigenvalue weighted by Gasteiger charge is 2.15. The average Bonchev–Trinajstić information content (AvgIpc) is 2.59. The molecule has 1 heterocycles. The second-order valence-corrected chi connectivity index (χ2v) is 7.42. The number of fused-ring (bicyclic) bond motifs is 1. The minimum absolute atomic E-state index is 0.0581. The van der Waals surface area contributed by atoms with Gasteiger partial charge in [-0.05, 0) is 44.2 Å². The summed E-state index contributed by atoms with van der Waals surface area (Å²) in [7, 11) is 0. The molecule has 1 amide bonds. The van der Waals surface area contributed by atoms with Crippen molar-refractivity contribution in [1.82, 2.24) is 14.9 Å². The molecule has 26 heavy (non-hydrogen) atoms. The predicted molar refractivity (Wildman–Crippen MR) is 106 cm³/mol. The summed E-state index contributed by atoms with van der Waals surface area (Å²) in [6, 6.07) is 14.2. The zero-order valence-electron chi connectivity index (χ0n) is 14.4. The van der Waals surface area contributed by atoms with Crippen LogP contribution in [0.4, 0.5) is 0 Å². The van der Waals surface area contributed by atoms with E-state index in [9.17, 15) is 9.59 Å². The van der Waals surface area contributed by atoms with Crippen LogP contribution in [0.3, 0.4) is 0 Å². The molecule has 0 bridgehead atoms. The van der Waals surface area contributed by atoms with Crippen LogP contribution in [-0.4, -0.2) is 27.3 Å². The Morgan fingerprint density at radius 2 is 2.00 bits per heavy atom. The van der Waals surface area contributed by atoms with Gasteiger partial charge in [-0.3, -0.25) is 14.2 Å². The molecule has 0 aliphatic heterocycles. The molecule has 3 rings (SSSR count). The van der Waals surface area contributed by atoms with E-state index in [4.69, 9.17) is 11.6 Å². The molecule has 3 aromatic rings. The molecule has 0 radical (unpaired) electrons. The lowest BCUT2D eigenvalue weighted by atomic mass is 10.2. The van der Waals surface area contributed by atoms with Crippen molar-refractivity contribution in [3.8, 4) is 5.69 Å². The van der Waals surface area contributed by atoms with Crippen molar-refractivity contribution in [3.63, 3.8) is 0 Å². The fraction of sp³-hybridized carbons (Fsp3) is 0.211. The number of para-hydroxylation sites is 1. The van der Waals surface area contributed by atoms with Gasteiger partial charge in [-0.2, -0.15) is 0 Å². The lowest BCUT2D eigenvalue weighted by Crippen LogP contribution is -2.32. The number of carbonyl (C=O) groups excluding carboxylic acids is 1. The smallest absolute Gasteiger partial charge is 0.266 e. The monoisotopic (exact) mass is 387 g/mol. The lowest BCUT2D eigenvalue weighted by molar-refractivity contribution is -0.119. The van der Waals surface area contributed by atoms with E-state index in [0.29, 0.717) is 26.8 Å². The number of benzene rings is 2. The minimum Gasteiger partial charge on any atom is -0.353 e. The molecule has 0 saturated carbocycles. The molecular weight excluding hydrogens is 370 g/mol. The molecule has 0 aliphatic carbocycles. The van der Waals surface area contributed by atoms with Crippen LogP contribution in [0.5, 0.6) is 0 Å². The third kappa shape index (κ3) is 4.08. The van der Waals surface area contributed by atoms with E-state index in [1.165, 1.54) is 16.3 Å². The molecule has 5 nitrogen and oxygen atoms in total. The van der Waals surface area contributed by atoms with Crippen molar-refractivity contribution < 1.29 is 4.79 Å². The van der Waals surface area contributed by atoms with Gasteiger partial charge in [0.25, 0.3) is 5.56 Å². The van der Waals surface area contributed by atoms with Crippen molar-refractivity contribution in [2.75, 3.05) is 5.75 Å². The zero-order valence-corrected chi connectivity index (χ0v) is 16.0. The van der Waals surface area contributed by atoms with Crippen molar-refractivity contribution >= 4 is 40.2 Å². The third-order valence-corrected chi connectivity index (χ3v) is 4.77. The summed E-state index contributed by atoms with van der Waals surface area (Å²) in [5, 5.41) is 4.33. The molecule has 134 valence electrons. The number of thioether (sulfide) groups is 1. The van der Waals surface area contributed by atoms with Gasteiger partial charge in [-0.15, -0.1) is 0 Å². The third-order valence-electron chi connectivity index (χ3n) is 3.59. The first kappa shape index (κ1) is 18.5. The Morgan fingerprint density at radius 1 is 1.23 bits per heavy atom. The van der Waals surface area contributed by atoms with Crippen molar-refractivity contribution in [1.29, 1.82) is 0 Å². The van der Waals surface area contributed by atoms with Gasteiger partial charge in [0.2, 0.25) is 5.91 Å². The van der Waals surface area contributed by atoms with Gasteiger partial charge in [0.05, 0.1) is 22.3 Å². The first-order valence-corrected chi connectivity index (χ1v) is 9.52. The molecule has 0 aliphatic rings. The lowest BCUT2D eigenvalue weighted by Gasteiger charge is -2.14. The Hall–Kier alpha value is -2.31.